The molecule has 1 atom stereocenters. The molecule has 1 heterocycles. The van der Waals surface area contributed by atoms with Crippen LogP contribution in [0, 0.1) is 5.92 Å². The smallest absolute Gasteiger partial charge is 0.251 e. The normalized spacial score (nSPS) is 16.5. The second-order valence-corrected chi connectivity index (χ2v) is 8.30. The first-order valence-electron chi connectivity index (χ1n) is 8.24. The zero-order valence-corrected chi connectivity index (χ0v) is 16.5. The minimum atomic E-state index is -0.509. The monoisotopic (exact) mass is 408 g/mol. The maximum atomic E-state index is 12.3. The van der Waals surface area contributed by atoms with E-state index in [9.17, 15) is 9.59 Å². The third-order valence-electron chi connectivity index (χ3n) is 4.40. The number of nitrogens with two attached hydrogens (primary N) is 1. The van der Waals surface area contributed by atoms with Gasteiger partial charge in [0.2, 0.25) is 5.91 Å². The van der Waals surface area contributed by atoms with Crippen LogP contribution >= 0.6 is 34.5 Å². The number of hydrogen-bond acceptors (Lipinski definition) is 3. The highest BCUT2D eigenvalue weighted by Crippen LogP contribution is 2.39. The molecule has 0 bridgehead atoms. The van der Waals surface area contributed by atoms with Crippen LogP contribution in [0.5, 0.6) is 0 Å². The lowest BCUT2D eigenvalue weighted by Gasteiger charge is -2.18. The van der Waals surface area contributed by atoms with Gasteiger partial charge >= 0.3 is 0 Å². The molecule has 26 heavy (non-hydrogen) atoms. The van der Waals surface area contributed by atoms with Crippen LogP contribution in [-0.4, -0.2) is 11.8 Å². The number of nitrogens with one attached hydrogen (secondary N) is 1. The molecule has 1 aliphatic rings. The maximum Gasteiger partial charge on any atom is 0.251 e. The SMILES string of the molecule is C[C@H]1CCc2c(sc(NC(=O)/C=C/c3c(Cl)cccc3Cl)c2C(N)=O)C1. The van der Waals surface area contributed by atoms with Gasteiger partial charge in [0.15, 0.2) is 0 Å². The van der Waals surface area contributed by atoms with E-state index >= 15 is 0 Å². The van der Waals surface area contributed by atoms with Gasteiger partial charge in [-0.05, 0) is 49.0 Å². The van der Waals surface area contributed by atoms with Gasteiger partial charge in [-0.3, -0.25) is 9.59 Å². The van der Waals surface area contributed by atoms with Crippen LogP contribution in [-0.2, 0) is 17.6 Å². The Morgan fingerprint density at radius 3 is 2.65 bits per heavy atom. The summed E-state index contributed by atoms with van der Waals surface area (Å²) in [5.41, 5.74) is 7.55. The Labute approximate surface area is 166 Å². The van der Waals surface area contributed by atoms with Crippen LogP contribution in [0.2, 0.25) is 10.0 Å². The second-order valence-electron chi connectivity index (χ2n) is 6.38. The van der Waals surface area contributed by atoms with Crippen LogP contribution in [0.3, 0.4) is 0 Å². The molecule has 7 heteroatoms. The Morgan fingerprint density at radius 2 is 2.00 bits per heavy atom. The largest absolute Gasteiger partial charge is 0.365 e. The topological polar surface area (TPSA) is 72.2 Å². The fraction of sp³-hybridized carbons (Fsp3) is 0.263. The molecule has 2 amide bonds. The number of thiophene rings is 1. The highest BCUT2D eigenvalue weighted by Gasteiger charge is 2.26. The molecular weight excluding hydrogens is 391 g/mol. The highest BCUT2D eigenvalue weighted by molar-refractivity contribution is 7.17. The minimum absolute atomic E-state index is 0.366. The molecule has 0 unspecified atom stereocenters. The molecule has 1 aromatic carbocycles. The van der Waals surface area contributed by atoms with Crippen LogP contribution < -0.4 is 11.1 Å². The fourth-order valence-corrected chi connectivity index (χ4v) is 5.02. The molecule has 4 nitrogen and oxygen atoms in total. The Kier molecular flexibility index (Phi) is 5.70. The van der Waals surface area contributed by atoms with Crippen molar-refractivity contribution in [1.29, 1.82) is 0 Å². The van der Waals surface area contributed by atoms with Crippen LogP contribution in [0.1, 0.15) is 39.7 Å². The van der Waals surface area contributed by atoms with Gasteiger partial charge in [0, 0.05) is 26.6 Å². The minimum Gasteiger partial charge on any atom is -0.365 e. The van der Waals surface area contributed by atoms with Gasteiger partial charge in [0.25, 0.3) is 5.91 Å². The van der Waals surface area contributed by atoms with E-state index in [1.807, 2.05) is 0 Å². The summed E-state index contributed by atoms with van der Waals surface area (Å²) >= 11 is 13.6. The summed E-state index contributed by atoms with van der Waals surface area (Å²) in [6.07, 6.45) is 5.63. The van der Waals surface area contributed by atoms with E-state index in [1.54, 1.807) is 24.3 Å². The summed E-state index contributed by atoms with van der Waals surface area (Å²) in [6.45, 7) is 2.18. The van der Waals surface area contributed by atoms with E-state index in [4.69, 9.17) is 28.9 Å². The standard InChI is InChI=1S/C19H18Cl2N2O2S/c1-10-5-6-12-15(9-10)26-19(17(12)18(22)25)23-16(24)8-7-11-13(20)3-2-4-14(11)21/h2-4,7-8,10H,5-6,9H2,1H3,(H2,22,25)(H,23,24)/b8-7+/t10-/m0/s1. The molecule has 3 rings (SSSR count). The molecule has 0 saturated heterocycles. The third kappa shape index (κ3) is 3.95. The van der Waals surface area contributed by atoms with E-state index in [0.717, 1.165) is 29.7 Å². The summed E-state index contributed by atoms with van der Waals surface area (Å²) < 4.78 is 0. The number of fused-ring (bicyclic) bond motifs is 1. The van der Waals surface area contributed by atoms with Crippen molar-refractivity contribution in [2.75, 3.05) is 5.32 Å². The van der Waals surface area contributed by atoms with Crippen molar-refractivity contribution in [2.24, 2.45) is 11.7 Å². The number of benzene rings is 1. The zero-order valence-electron chi connectivity index (χ0n) is 14.1. The zero-order chi connectivity index (χ0) is 18.8. The van der Waals surface area contributed by atoms with Crippen molar-refractivity contribution in [3.05, 3.63) is 55.9 Å². The second kappa shape index (κ2) is 7.82. The van der Waals surface area contributed by atoms with Gasteiger partial charge in [-0.25, -0.2) is 0 Å². The predicted octanol–water partition coefficient (Wildman–Crippen LogP) is 4.93. The fourth-order valence-electron chi connectivity index (χ4n) is 3.08. The van der Waals surface area contributed by atoms with E-state index in [0.29, 0.717) is 32.1 Å². The molecule has 0 fully saturated rings. The van der Waals surface area contributed by atoms with Crippen molar-refractivity contribution >= 4 is 57.4 Å². The summed E-state index contributed by atoms with van der Waals surface area (Å²) in [4.78, 5) is 25.4. The molecule has 0 saturated carbocycles. The van der Waals surface area contributed by atoms with Crippen molar-refractivity contribution < 1.29 is 9.59 Å². The first-order valence-corrected chi connectivity index (χ1v) is 9.81. The lowest BCUT2D eigenvalue weighted by Crippen LogP contribution is -2.18. The number of anilines is 1. The van der Waals surface area contributed by atoms with E-state index in [1.165, 1.54) is 17.4 Å². The number of hydrogen-bond donors (Lipinski definition) is 2. The molecule has 1 aromatic heterocycles. The van der Waals surface area contributed by atoms with Gasteiger partial charge < -0.3 is 11.1 Å². The van der Waals surface area contributed by atoms with Gasteiger partial charge in [-0.15, -0.1) is 11.3 Å². The summed E-state index contributed by atoms with van der Waals surface area (Å²) in [7, 11) is 0. The molecule has 3 N–H and O–H groups in total. The Balaban J connectivity index is 1.84. The lowest BCUT2D eigenvalue weighted by molar-refractivity contribution is -0.111. The summed E-state index contributed by atoms with van der Waals surface area (Å²) in [5.74, 6) is -0.312. The number of carbonyl (C=O) groups excluding carboxylic acids is 2. The van der Waals surface area contributed by atoms with E-state index in [-0.39, 0.29) is 5.91 Å². The quantitative estimate of drug-likeness (QED) is 0.703. The van der Waals surface area contributed by atoms with E-state index < -0.39 is 5.91 Å². The number of halogens is 2. The molecule has 2 aromatic rings. The average Bonchev–Trinajstić information content (AvgIpc) is 2.91. The average molecular weight is 409 g/mol. The number of primary amides is 1. The van der Waals surface area contributed by atoms with Gasteiger partial charge in [0.05, 0.1) is 5.56 Å². The predicted molar refractivity (Wildman–Crippen MR) is 108 cm³/mol. The first kappa shape index (κ1) is 19.0. The Morgan fingerprint density at radius 1 is 1.31 bits per heavy atom. The van der Waals surface area contributed by atoms with Crippen LogP contribution in [0.15, 0.2) is 24.3 Å². The van der Waals surface area contributed by atoms with Gasteiger partial charge in [-0.1, -0.05) is 36.2 Å². The molecule has 0 aliphatic heterocycles. The summed E-state index contributed by atoms with van der Waals surface area (Å²) in [5, 5.41) is 4.21. The molecule has 1 aliphatic carbocycles. The maximum absolute atomic E-state index is 12.3. The van der Waals surface area contributed by atoms with Crippen LogP contribution in [0.4, 0.5) is 5.00 Å². The number of carbonyl (C=O) groups is 2. The van der Waals surface area contributed by atoms with Crippen molar-refractivity contribution in [1.82, 2.24) is 0 Å². The van der Waals surface area contributed by atoms with Gasteiger partial charge in [-0.2, -0.15) is 0 Å². The molecule has 0 spiro atoms. The highest BCUT2D eigenvalue weighted by atomic mass is 35.5. The summed E-state index contributed by atoms with van der Waals surface area (Å²) in [6, 6.07) is 5.13. The Bertz CT molecular complexity index is 885. The van der Waals surface area contributed by atoms with Crippen molar-refractivity contribution in [3.63, 3.8) is 0 Å². The molecule has 0 radical (unpaired) electrons. The van der Waals surface area contributed by atoms with Crippen LogP contribution in [0.25, 0.3) is 6.08 Å². The molecule has 136 valence electrons. The Hall–Kier alpha value is -1.82. The number of rotatable bonds is 4. The lowest BCUT2D eigenvalue weighted by atomic mass is 9.88. The van der Waals surface area contributed by atoms with E-state index in [2.05, 4.69) is 12.2 Å². The number of amides is 2. The first-order chi connectivity index (χ1) is 12.4. The van der Waals surface area contributed by atoms with Crippen molar-refractivity contribution in [3.8, 4) is 0 Å². The third-order valence-corrected chi connectivity index (χ3v) is 6.22. The molecular formula is C19H18Cl2N2O2S. The van der Waals surface area contributed by atoms with Crippen molar-refractivity contribution in [2.45, 2.75) is 26.2 Å². The van der Waals surface area contributed by atoms with Gasteiger partial charge in [0.1, 0.15) is 5.00 Å².